The molecule has 2 heterocycles. The number of phenolic OH excluding ortho intramolecular Hbond substituents is 1. The number of aromatic amines is 1. The number of nitrogens with one attached hydrogen (secondary N) is 1. The number of benzene rings is 2. The summed E-state index contributed by atoms with van der Waals surface area (Å²) in [6.07, 6.45) is 1.74. The molecule has 0 fully saturated rings. The molecule has 1 aromatic heterocycles. The number of carbonyl (C=O) groups is 1. The first-order valence-corrected chi connectivity index (χ1v) is 10.5. The quantitative estimate of drug-likeness (QED) is 0.559. The average molecular weight is 416 g/mol. The van der Waals surface area contributed by atoms with E-state index in [1.807, 2.05) is 19.9 Å². The molecule has 1 aliphatic heterocycles. The zero-order valence-corrected chi connectivity index (χ0v) is 18.8. The number of fused-ring (bicyclic) bond motifs is 1. The molecule has 0 radical (unpaired) electrons. The van der Waals surface area contributed by atoms with Crippen molar-refractivity contribution in [3.63, 3.8) is 0 Å². The molecular weight excluding hydrogens is 386 g/mol. The Kier molecular flexibility index (Phi) is 5.00. The van der Waals surface area contributed by atoms with E-state index in [0.717, 1.165) is 22.3 Å². The lowest BCUT2D eigenvalue weighted by Gasteiger charge is -2.26. The number of hydrogen-bond acceptors (Lipinski definition) is 3. The van der Waals surface area contributed by atoms with Crippen molar-refractivity contribution in [3.8, 4) is 17.0 Å². The molecule has 1 aliphatic rings. The Morgan fingerprint density at radius 2 is 1.81 bits per heavy atom. The lowest BCUT2D eigenvalue weighted by Crippen LogP contribution is -2.29. The summed E-state index contributed by atoms with van der Waals surface area (Å²) >= 11 is 0. The molecule has 5 nitrogen and oxygen atoms in total. The fourth-order valence-electron chi connectivity index (χ4n) is 4.23. The third kappa shape index (κ3) is 3.44. The molecule has 31 heavy (non-hydrogen) atoms. The third-order valence-corrected chi connectivity index (χ3v) is 6.15. The number of aromatic hydroxyl groups is 1. The molecule has 5 heteroatoms. The van der Waals surface area contributed by atoms with E-state index in [9.17, 15) is 9.90 Å². The fourth-order valence-corrected chi connectivity index (χ4v) is 4.23. The van der Waals surface area contributed by atoms with E-state index in [1.165, 1.54) is 5.56 Å². The Hall–Kier alpha value is -3.34. The lowest BCUT2D eigenvalue weighted by molar-refractivity contribution is 0.0764. The molecule has 0 saturated carbocycles. The molecule has 3 aromatic rings. The summed E-state index contributed by atoms with van der Waals surface area (Å²) in [4.78, 5) is 15.0. The van der Waals surface area contributed by atoms with Crippen LogP contribution in [0.2, 0.25) is 0 Å². The molecule has 0 unspecified atom stereocenters. The molecule has 1 atom stereocenters. The van der Waals surface area contributed by atoms with Crippen molar-refractivity contribution in [1.82, 2.24) is 15.1 Å². The van der Waals surface area contributed by atoms with E-state index in [2.05, 4.69) is 61.8 Å². The van der Waals surface area contributed by atoms with Crippen LogP contribution in [-0.2, 0) is 5.41 Å². The number of rotatable bonds is 4. The van der Waals surface area contributed by atoms with Crippen LogP contribution in [0, 0.1) is 13.8 Å². The van der Waals surface area contributed by atoms with Crippen LogP contribution in [0.5, 0.6) is 5.75 Å². The number of nitrogens with zero attached hydrogens (tertiary/aromatic N) is 2. The van der Waals surface area contributed by atoms with Crippen LogP contribution < -0.4 is 0 Å². The highest BCUT2D eigenvalue weighted by molar-refractivity contribution is 6.00. The largest absolute Gasteiger partial charge is 0.507 e. The monoisotopic (exact) mass is 415 g/mol. The smallest absolute Gasteiger partial charge is 0.273 e. The summed E-state index contributed by atoms with van der Waals surface area (Å²) in [5.41, 5.74) is 6.86. The van der Waals surface area contributed by atoms with Gasteiger partial charge in [-0.25, -0.2) is 0 Å². The second-order valence-electron chi connectivity index (χ2n) is 9.34. The Morgan fingerprint density at radius 3 is 2.42 bits per heavy atom. The number of aryl methyl sites for hydroxylation is 2. The normalized spacial score (nSPS) is 16.0. The molecule has 0 aliphatic carbocycles. The van der Waals surface area contributed by atoms with Crippen LogP contribution in [0.1, 0.15) is 65.1 Å². The van der Waals surface area contributed by atoms with Crippen LogP contribution >= 0.6 is 0 Å². The van der Waals surface area contributed by atoms with Crippen molar-refractivity contribution >= 4 is 5.91 Å². The lowest BCUT2D eigenvalue weighted by atomic mass is 9.85. The maximum atomic E-state index is 13.2. The first-order chi connectivity index (χ1) is 14.6. The van der Waals surface area contributed by atoms with Gasteiger partial charge in [-0.15, -0.1) is 6.58 Å². The van der Waals surface area contributed by atoms with Gasteiger partial charge < -0.3 is 10.0 Å². The molecule has 1 amide bonds. The molecule has 160 valence electrons. The zero-order chi connectivity index (χ0) is 22.5. The topological polar surface area (TPSA) is 69.2 Å². The summed E-state index contributed by atoms with van der Waals surface area (Å²) in [5.74, 6) is 0.0516. The Bertz CT molecular complexity index is 1170. The van der Waals surface area contributed by atoms with E-state index in [4.69, 9.17) is 0 Å². The standard InChI is InChI=1S/C26H29N3O2/c1-7-12-29-24(17-8-10-18(11-9-17)26(4,5)6)21-22(27-28-23(21)25(29)31)19-13-15(2)16(3)14-20(19)30/h7-11,13-14,24,30H,1,12H2,2-6H3,(H,27,28)/t24-/m0/s1. The highest BCUT2D eigenvalue weighted by Gasteiger charge is 2.42. The van der Waals surface area contributed by atoms with Crippen molar-refractivity contribution in [2.24, 2.45) is 0 Å². The number of amides is 1. The highest BCUT2D eigenvalue weighted by Crippen LogP contribution is 2.45. The van der Waals surface area contributed by atoms with E-state index in [-0.39, 0.29) is 23.1 Å². The van der Waals surface area contributed by atoms with Gasteiger partial charge in [-0.05, 0) is 53.6 Å². The number of phenols is 1. The first kappa shape index (κ1) is 20.9. The Morgan fingerprint density at radius 1 is 1.16 bits per heavy atom. The summed E-state index contributed by atoms with van der Waals surface area (Å²) in [7, 11) is 0. The molecule has 0 saturated heterocycles. The summed E-state index contributed by atoms with van der Waals surface area (Å²) < 4.78 is 0. The second-order valence-corrected chi connectivity index (χ2v) is 9.34. The van der Waals surface area contributed by atoms with E-state index in [0.29, 0.717) is 23.5 Å². The molecule has 2 N–H and O–H groups in total. The van der Waals surface area contributed by atoms with Crippen molar-refractivity contribution in [2.75, 3.05) is 6.54 Å². The first-order valence-electron chi connectivity index (χ1n) is 10.5. The average Bonchev–Trinajstić information content (AvgIpc) is 3.24. The van der Waals surface area contributed by atoms with Gasteiger partial charge in [0.1, 0.15) is 17.1 Å². The highest BCUT2D eigenvalue weighted by atomic mass is 16.3. The predicted molar refractivity (Wildman–Crippen MR) is 123 cm³/mol. The predicted octanol–water partition coefficient (Wildman–Crippen LogP) is 5.43. The second kappa shape index (κ2) is 7.41. The van der Waals surface area contributed by atoms with Gasteiger partial charge in [-0.1, -0.05) is 51.1 Å². The molecule has 2 aromatic carbocycles. The summed E-state index contributed by atoms with van der Waals surface area (Å²) in [5, 5.41) is 18.1. The van der Waals surface area contributed by atoms with Crippen molar-refractivity contribution in [1.29, 1.82) is 0 Å². The summed E-state index contributed by atoms with van der Waals surface area (Å²) in [6, 6.07) is 11.8. The van der Waals surface area contributed by atoms with Crippen LogP contribution in [0.15, 0.2) is 49.1 Å². The van der Waals surface area contributed by atoms with E-state index < -0.39 is 0 Å². The van der Waals surface area contributed by atoms with Crippen LogP contribution in [0.3, 0.4) is 0 Å². The third-order valence-electron chi connectivity index (χ3n) is 6.15. The minimum Gasteiger partial charge on any atom is -0.507 e. The maximum absolute atomic E-state index is 13.2. The van der Waals surface area contributed by atoms with Crippen LogP contribution in [-0.4, -0.2) is 32.7 Å². The van der Waals surface area contributed by atoms with Gasteiger partial charge >= 0.3 is 0 Å². The maximum Gasteiger partial charge on any atom is 0.273 e. The van der Waals surface area contributed by atoms with Gasteiger partial charge in [-0.2, -0.15) is 5.10 Å². The molecule has 4 rings (SSSR count). The minimum atomic E-state index is -0.302. The number of hydrogen-bond donors (Lipinski definition) is 2. The summed E-state index contributed by atoms with van der Waals surface area (Å²) in [6.45, 7) is 14.8. The zero-order valence-electron chi connectivity index (χ0n) is 18.8. The minimum absolute atomic E-state index is 0.0437. The van der Waals surface area contributed by atoms with Gasteiger partial charge in [0.05, 0.1) is 6.04 Å². The van der Waals surface area contributed by atoms with Gasteiger partial charge in [-0.3, -0.25) is 9.89 Å². The van der Waals surface area contributed by atoms with Gasteiger partial charge in [0.25, 0.3) is 5.91 Å². The molecule has 0 bridgehead atoms. The Labute approximate surface area is 183 Å². The van der Waals surface area contributed by atoms with Crippen LogP contribution in [0.4, 0.5) is 0 Å². The van der Waals surface area contributed by atoms with E-state index in [1.54, 1.807) is 17.0 Å². The van der Waals surface area contributed by atoms with Crippen molar-refractivity contribution in [2.45, 2.75) is 46.1 Å². The number of carbonyl (C=O) groups excluding carboxylic acids is 1. The molecule has 0 spiro atoms. The number of aromatic nitrogens is 2. The van der Waals surface area contributed by atoms with Gasteiger partial charge in [0.15, 0.2) is 0 Å². The van der Waals surface area contributed by atoms with Gasteiger partial charge in [0, 0.05) is 17.7 Å². The van der Waals surface area contributed by atoms with E-state index >= 15 is 0 Å². The van der Waals surface area contributed by atoms with Gasteiger partial charge in [0.2, 0.25) is 0 Å². The fraction of sp³-hybridized carbons (Fsp3) is 0.308. The molecular formula is C26H29N3O2. The Balaban J connectivity index is 1.89. The van der Waals surface area contributed by atoms with Crippen LogP contribution in [0.25, 0.3) is 11.3 Å². The van der Waals surface area contributed by atoms with Crippen molar-refractivity contribution in [3.05, 3.63) is 82.6 Å². The SMILES string of the molecule is C=CCN1C(=O)c2[nH]nc(-c3cc(C)c(C)cc3O)c2[C@@H]1c1ccc(C(C)(C)C)cc1. The number of H-pyrrole nitrogens is 1. The van der Waals surface area contributed by atoms with Crippen molar-refractivity contribution < 1.29 is 9.90 Å².